The first-order valence-electron chi connectivity index (χ1n) is 10.7. The first-order chi connectivity index (χ1) is 15.3. The molecule has 0 atom stereocenters. The lowest BCUT2D eigenvalue weighted by Gasteiger charge is -2.39. The van der Waals surface area contributed by atoms with Crippen molar-refractivity contribution >= 4 is 33.1 Å². The number of thiophene rings is 1. The van der Waals surface area contributed by atoms with Gasteiger partial charge in [-0.25, -0.2) is 4.79 Å². The van der Waals surface area contributed by atoms with Crippen LogP contribution >= 0.6 is 11.3 Å². The number of piperazine rings is 1. The van der Waals surface area contributed by atoms with Crippen LogP contribution in [0.4, 0.5) is 10.5 Å². The van der Waals surface area contributed by atoms with E-state index in [0.717, 1.165) is 24.2 Å². The van der Waals surface area contributed by atoms with Crippen molar-refractivity contribution in [2.75, 3.05) is 31.5 Å². The lowest BCUT2D eigenvalue weighted by atomic mass is 9.96. The van der Waals surface area contributed by atoms with Gasteiger partial charge in [0.25, 0.3) is 0 Å². The van der Waals surface area contributed by atoms with Gasteiger partial charge in [0.15, 0.2) is 0 Å². The monoisotopic (exact) mass is 427 g/mol. The number of benzene rings is 3. The Morgan fingerprint density at radius 3 is 2.00 bits per heavy atom. The van der Waals surface area contributed by atoms with Gasteiger partial charge in [0, 0.05) is 41.6 Å². The third-order valence-electron chi connectivity index (χ3n) is 5.92. The Balaban J connectivity index is 1.29. The van der Waals surface area contributed by atoms with Crippen molar-refractivity contribution < 1.29 is 4.79 Å². The Kier molecular flexibility index (Phi) is 5.69. The average Bonchev–Trinajstić information content (AvgIpc) is 3.24. The highest BCUT2D eigenvalue weighted by molar-refractivity contribution is 7.17. The molecule has 0 saturated carbocycles. The number of nitrogens with zero attached hydrogens (tertiary/aromatic N) is 2. The molecule has 1 aliphatic rings. The number of hydrogen-bond acceptors (Lipinski definition) is 3. The molecule has 5 heteroatoms. The molecule has 4 nitrogen and oxygen atoms in total. The second-order valence-corrected chi connectivity index (χ2v) is 8.73. The minimum absolute atomic E-state index is 0.0147. The molecule has 1 aromatic heterocycles. The van der Waals surface area contributed by atoms with Crippen LogP contribution in [-0.4, -0.2) is 42.0 Å². The Bertz CT molecular complexity index is 1110. The predicted octanol–water partition coefficient (Wildman–Crippen LogP) is 5.84. The highest BCUT2D eigenvalue weighted by Gasteiger charge is 2.28. The number of nitrogens with one attached hydrogen (secondary N) is 1. The highest BCUT2D eigenvalue weighted by atomic mass is 32.1. The van der Waals surface area contributed by atoms with Gasteiger partial charge >= 0.3 is 6.03 Å². The Morgan fingerprint density at radius 2 is 1.35 bits per heavy atom. The van der Waals surface area contributed by atoms with Gasteiger partial charge in [-0.1, -0.05) is 78.9 Å². The summed E-state index contributed by atoms with van der Waals surface area (Å²) in [6, 6.07) is 29.6. The molecule has 1 saturated heterocycles. The Labute approximate surface area is 186 Å². The van der Waals surface area contributed by atoms with Crippen molar-refractivity contribution in [3.05, 3.63) is 101 Å². The van der Waals surface area contributed by atoms with Crippen LogP contribution in [0.25, 0.3) is 10.1 Å². The fraction of sp³-hybridized carbons (Fsp3) is 0.192. The third-order valence-corrected chi connectivity index (χ3v) is 6.88. The summed E-state index contributed by atoms with van der Waals surface area (Å²) in [7, 11) is 0. The van der Waals surface area contributed by atoms with E-state index < -0.39 is 0 Å². The summed E-state index contributed by atoms with van der Waals surface area (Å²) in [4.78, 5) is 17.3. The van der Waals surface area contributed by atoms with Crippen LogP contribution < -0.4 is 5.32 Å². The van der Waals surface area contributed by atoms with E-state index in [-0.39, 0.29) is 12.1 Å². The van der Waals surface area contributed by atoms with Crippen LogP contribution in [0.15, 0.2) is 90.3 Å². The van der Waals surface area contributed by atoms with E-state index in [1.807, 2.05) is 22.4 Å². The maximum Gasteiger partial charge on any atom is 0.321 e. The number of carbonyl (C=O) groups excluding carboxylic acids is 1. The third kappa shape index (κ3) is 4.20. The van der Waals surface area contributed by atoms with E-state index in [1.165, 1.54) is 15.8 Å². The molecule has 0 spiro atoms. The van der Waals surface area contributed by atoms with Gasteiger partial charge in [0.1, 0.15) is 0 Å². The molecule has 5 rings (SSSR count). The van der Waals surface area contributed by atoms with Crippen molar-refractivity contribution in [3.63, 3.8) is 0 Å². The summed E-state index contributed by atoms with van der Waals surface area (Å²) in [6.07, 6.45) is 0. The number of rotatable bonds is 4. The summed E-state index contributed by atoms with van der Waals surface area (Å²) in [5.41, 5.74) is 3.48. The van der Waals surface area contributed by atoms with Crippen molar-refractivity contribution in [1.82, 2.24) is 9.80 Å². The lowest BCUT2D eigenvalue weighted by molar-refractivity contribution is 0.126. The zero-order chi connectivity index (χ0) is 21.0. The smallest absolute Gasteiger partial charge is 0.321 e. The summed E-state index contributed by atoms with van der Waals surface area (Å²) in [5, 5.41) is 6.25. The lowest BCUT2D eigenvalue weighted by Crippen LogP contribution is -2.51. The fourth-order valence-corrected chi connectivity index (χ4v) is 5.23. The minimum Gasteiger partial charge on any atom is -0.322 e. The van der Waals surface area contributed by atoms with E-state index >= 15 is 0 Å². The summed E-state index contributed by atoms with van der Waals surface area (Å²) >= 11 is 1.66. The molecule has 2 amide bonds. The van der Waals surface area contributed by atoms with E-state index in [9.17, 15) is 4.79 Å². The van der Waals surface area contributed by atoms with Gasteiger partial charge in [-0.15, -0.1) is 11.3 Å². The summed E-state index contributed by atoms with van der Waals surface area (Å²) < 4.78 is 1.19. The molecular formula is C26H25N3OS. The minimum atomic E-state index is -0.0147. The molecular weight excluding hydrogens is 402 g/mol. The first-order valence-corrected chi connectivity index (χ1v) is 11.5. The summed E-state index contributed by atoms with van der Waals surface area (Å²) in [5.74, 6) is 0. The van der Waals surface area contributed by atoms with Crippen LogP contribution in [0.1, 0.15) is 17.2 Å². The van der Waals surface area contributed by atoms with Gasteiger partial charge in [-0.05, 0) is 17.2 Å². The number of urea groups is 1. The molecule has 0 unspecified atom stereocenters. The standard InChI is InChI=1S/C26H25N3OS/c30-26(27-23-19-31-24-14-8-7-13-22(23)24)29-17-15-28(16-18-29)25(20-9-3-1-4-10-20)21-11-5-2-6-12-21/h1-14,19,25H,15-18H2,(H,27,30). The average molecular weight is 428 g/mol. The zero-order valence-electron chi connectivity index (χ0n) is 17.3. The quantitative estimate of drug-likeness (QED) is 0.444. The summed E-state index contributed by atoms with van der Waals surface area (Å²) in [6.45, 7) is 3.10. The normalized spacial score (nSPS) is 14.8. The topological polar surface area (TPSA) is 35.6 Å². The van der Waals surface area contributed by atoms with Crippen molar-refractivity contribution in [1.29, 1.82) is 0 Å². The molecule has 0 radical (unpaired) electrons. The van der Waals surface area contributed by atoms with Crippen molar-refractivity contribution in [2.24, 2.45) is 0 Å². The number of fused-ring (bicyclic) bond motifs is 1. The number of hydrogen-bond donors (Lipinski definition) is 1. The van der Waals surface area contributed by atoms with E-state index in [0.29, 0.717) is 13.1 Å². The van der Waals surface area contributed by atoms with Gasteiger partial charge < -0.3 is 10.2 Å². The van der Waals surface area contributed by atoms with Gasteiger partial charge in [-0.3, -0.25) is 4.90 Å². The zero-order valence-corrected chi connectivity index (χ0v) is 18.1. The maximum absolute atomic E-state index is 12.9. The molecule has 1 fully saturated rings. The molecule has 0 aliphatic carbocycles. The molecule has 31 heavy (non-hydrogen) atoms. The Morgan fingerprint density at radius 1 is 0.774 bits per heavy atom. The molecule has 4 aromatic rings. The number of carbonyl (C=O) groups is 1. The fourth-order valence-electron chi connectivity index (χ4n) is 4.34. The van der Waals surface area contributed by atoms with Gasteiger partial charge in [0.05, 0.1) is 11.7 Å². The van der Waals surface area contributed by atoms with Crippen molar-refractivity contribution in [2.45, 2.75) is 6.04 Å². The largest absolute Gasteiger partial charge is 0.322 e. The van der Waals surface area contributed by atoms with E-state index in [2.05, 4.69) is 83.0 Å². The molecule has 156 valence electrons. The second-order valence-electron chi connectivity index (χ2n) is 7.82. The maximum atomic E-state index is 12.9. The molecule has 0 bridgehead atoms. The van der Waals surface area contributed by atoms with Crippen LogP contribution in [0.3, 0.4) is 0 Å². The second kappa shape index (κ2) is 8.92. The Hall–Kier alpha value is -3.15. The van der Waals surface area contributed by atoms with Gasteiger partial charge in [0.2, 0.25) is 0 Å². The molecule has 2 heterocycles. The highest BCUT2D eigenvalue weighted by Crippen LogP contribution is 2.31. The number of anilines is 1. The van der Waals surface area contributed by atoms with Gasteiger partial charge in [-0.2, -0.15) is 0 Å². The van der Waals surface area contributed by atoms with Crippen LogP contribution in [-0.2, 0) is 0 Å². The van der Waals surface area contributed by atoms with E-state index in [4.69, 9.17) is 0 Å². The van der Waals surface area contributed by atoms with E-state index in [1.54, 1.807) is 11.3 Å². The molecule has 1 N–H and O–H groups in total. The van der Waals surface area contributed by atoms with Crippen LogP contribution in [0.5, 0.6) is 0 Å². The molecule has 3 aromatic carbocycles. The predicted molar refractivity (Wildman–Crippen MR) is 129 cm³/mol. The van der Waals surface area contributed by atoms with Crippen molar-refractivity contribution in [3.8, 4) is 0 Å². The van der Waals surface area contributed by atoms with Crippen LogP contribution in [0.2, 0.25) is 0 Å². The number of amides is 2. The van der Waals surface area contributed by atoms with Crippen LogP contribution in [0, 0.1) is 0 Å². The molecule has 1 aliphatic heterocycles. The SMILES string of the molecule is O=C(Nc1csc2ccccc12)N1CCN(C(c2ccccc2)c2ccccc2)CC1. The first kappa shape index (κ1) is 19.8.